The topological polar surface area (TPSA) is 29.3 Å². The van der Waals surface area contributed by atoms with E-state index in [0.717, 1.165) is 24.1 Å². The van der Waals surface area contributed by atoms with Crippen LogP contribution in [0.2, 0.25) is 0 Å². The van der Waals surface area contributed by atoms with Crippen molar-refractivity contribution in [2.24, 2.45) is 5.73 Å². The van der Waals surface area contributed by atoms with Gasteiger partial charge in [0.1, 0.15) is 0 Å². The van der Waals surface area contributed by atoms with Crippen LogP contribution in [0.5, 0.6) is 0 Å². The van der Waals surface area contributed by atoms with Gasteiger partial charge in [-0.05, 0) is 5.56 Å². The highest BCUT2D eigenvalue weighted by Crippen LogP contribution is 2.08. The molecule has 0 amide bonds. The first kappa shape index (κ1) is 12.4. The first-order valence-electron chi connectivity index (χ1n) is 5.02. The van der Waals surface area contributed by atoms with Crippen LogP contribution in [0.25, 0.3) is 0 Å². The van der Waals surface area contributed by atoms with Gasteiger partial charge in [-0.3, -0.25) is 4.90 Å². The van der Waals surface area contributed by atoms with E-state index in [0.29, 0.717) is 6.54 Å². The van der Waals surface area contributed by atoms with E-state index in [1.54, 1.807) is 0 Å². The number of hydrogen-bond donors (Lipinski definition) is 1. The van der Waals surface area contributed by atoms with E-state index in [4.69, 9.17) is 5.73 Å². The molecule has 0 fully saturated rings. The number of halogens is 1. The Morgan fingerprint density at radius 3 is 2.53 bits per heavy atom. The third-order valence-electron chi connectivity index (χ3n) is 2.09. The highest BCUT2D eigenvalue weighted by molar-refractivity contribution is 9.11. The van der Waals surface area contributed by atoms with Crippen molar-refractivity contribution in [2.45, 2.75) is 6.54 Å². The maximum atomic E-state index is 5.57. The molecule has 0 bridgehead atoms. The van der Waals surface area contributed by atoms with Crippen LogP contribution in [0.4, 0.5) is 0 Å². The molecule has 0 aromatic heterocycles. The van der Waals surface area contributed by atoms with Crippen molar-refractivity contribution in [3.63, 3.8) is 0 Å². The van der Waals surface area contributed by atoms with Gasteiger partial charge in [0.15, 0.2) is 0 Å². The predicted octanol–water partition coefficient (Wildman–Crippen LogP) is 2.36. The van der Waals surface area contributed by atoms with E-state index < -0.39 is 0 Å². The molecule has 3 heteroatoms. The van der Waals surface area contributed by atoms with E-state index in [1.165, 1.54) is 5.56 Å². The highest BCUT2D eigenvalue weighted by Gasteiger charge is 2.05. The average molecular weight is 269 g/mol. The molecule has 0 saturated carbocycles. The molecule has 82 valence electrons. The van der Waals surface area contributed by atoms with Gasteiger partial charge in [-0.15, -0.1) is 0 Å². The van der Waals surface area contributed by atoms with Gasteiger partial charge in [0, 0.05) is 30.7 Å². The monoisotopic (exact) mass is 268 g/mol. The van der Waals surface area contributed by atoms with Crippen LogP contribution in [0, 0.1) is 0 Å². The zero-order valence-corrected chi connectivity index (χ0v) is 10.4. The lowest BCUT2D eigenvalue weighted by atomic mass is 10.2. The summed E-state index contributed by atoms with van der Waals surface area (Å²) in [7, 11) is 0. The first-order valence-corrected chi connectivity index (χ1v) is 5.81. The molecule has 0 saturated heterocycles. The second-order valence-corrected chi connectivity index (χ2v) is 4.62. The average Bonchev–Trinajstić information content (AvgIpc) is 2.18. The molecule has 0 radical (unpaired) electrons. The van der Waals surface area contributed by atoms with Crippen LogP contribution in [0.3, 0.4) is 0 Å². The quantitative estimate of drug-likeness (QED) is 0.859. The molecule has 15 heavy (non-hydrogen) atoms. The third-order valence-corrected chi connectivity index (χ3v) is 2.34. The molecule has 0 aliphatic heterocycles. The number of rotatable bonds is 6. The van der Waals surface area contributed by atoms with E-state index in [1.807, 2.05) is 6.07 Å². The van der Waals surface area contributed by atoms with E-state index >= 15 is 0 Å². The fraction of sp³-hybridized carbons (Fsp3) is 0.333. The van der Waals surface area contributed by atoms with Gasteiger partial charge in [-0.2, -0.15) is 0 Å². The molecule has 2 N–H and O–H groups in total. The van der Waals surface area contributed by atoms with Gasteiger partial charge in [-0.25, -0.2) is 0 Å². The fourth-order valence-corrected chi connectivity index (χ4v) is 1.84. The second kappa shape index (κ2) is 6.77. The molecule has 1 aromatic carbocycles. The molecular weight excluding hydrogens is 252 g/mol. The molecule has 1 aromatic rings. The summed E-state index contributed by atoms with van der Waals surface area (Å²) in [6.07, 6.45) is 0. The van der Waals surface area contributed by atoms with Gasteiger partial charge < -0.3 is 5.73 Å². The summed E-state index contributed by atoms with van der Waals surface area (Å²) in [6.45, 7) is 7.17. The van der Waals surface area contributed by atoms with E-state index in [2.05, 4.69) is 51.7 Å². The van der Waals surface area contributed by atoms with Crippen LogP contribution in [0.15, 0.2) is 41.4 Å². The Morgan fingerprint density at radius 1 is 1.33 bits per heavy atom. The summed E-state index contributed by atoms with van der Waals surface area (Å²) in [6, 6.07) is 10.4. The smallest absolute Gasteiger partial charge is 0.0297 e. The molecule has 1 rings (SSSR count). The SMILES string of the molecule is C=C(Br)CN(CCN)Cc1ccccc1. The Labute approximate surface area is 99.9 Å². The van der Waals surface area contributed by atoms with Crippen molar-refractivity contribution in [3.05, 3.63) is 47.0 Å². The van der Waals surface area contributed by atoms with E-state index in [-0.39, 0.29) is 0 Å². The molecular formula is C12H17BrN2. The fourth-order valence-electron chi connectivity index (χ4n) is 1.48. The van der Waals surface area contributed by atoms with Crippen LogP contribution in [-0.4, -0.2) is 24.5 Å². The summed E-state index contributed by atoms with van der Waals surface area (Å²) in [5.74, 6) is 0. The zero-order chi connectivity index (χ0) is 11.1. The molecule has 0 spiro atoms. The maximum Gasteiger partial charge on any atom is 0.0297 e. The molecule has 0 heterocycles. The minimum atomic E-state index is 0.674. The normalized spacial score (nSPS) is 10.6. The van der Waals surface area contributed by atoms with Crippen molar-refractivity contribution in [1.82, 2.24) is 4.90 Å². The van der Waals surface area contributed by atoms with Crippen molar-refractivity contribution >= 4 is 15.9 Å². The minimum Gasteiger partial charge on any atom is -0.329 e. The minimum absolute atomic E-state index is 0.674. The summed E-state index contributed by atoms with van der Waals surface area (Å²) in [4.78, 5) is 2.27. The first-order chi connectivity index (χ1) is 7.22. The highest BCUT2D eigenvalue weighted by atomic mass is 79.9. The molecule has 0 atom stereocenters. The van der Waals surface area contributed by atoms with Crippen LogP contribution in [-0.2, 0) is 6.54 Å². The van der Waals surface area contributed by atoms with Crippen molar-refractivity contribution < 1.29 is 0 Å². The molecule has 0 unspecified atom stereocenters. The summed E-state index contributed by atoms with van der Waals surface area (Å²) in [5.41, 5.74) is 6.88. The molecule has 2 nitrogen and oxygen atoms in total. The third kappa shape index (κ3) is 5.11. The van der Waals surface area contributed by atoms with Crippen molar-refractivity contribution in [2.75, 3.05) is 19.6 Å². The van der Waals surface area contributed by atoms with Crippen LogP contribution in [0.1, 0.15) is 5.56 Å². The predicted molar refractivity (Wildman–Crippen MR) is 68.8 cm³/mol. The Morgan fingerprint density at radius 2 is 2.00 bits per heavy atom. The second-order valence-electron chi connectivity index (χ2n) is 3.50. The lowest BCUT2D eigenvalue weighted by molar-refractivity contribution is 0.302. The number of hydrogen-bond acceptors (Lipinski definition) is 2. The lowest BCUT2D eigenvalue weighted by Gasteiger charge is -2.21. The summed E-state index contributed by atoms with van der Waals surface area (Å²) < 4.78 is 0.992. The van der Waals surface area contributed by atoms with Gasteiger partial charge in [-0.1, -0.05) is 52.8 Å². The maximum absolute atomic E-state index is 5.57. The van der Waals surface area contributed by atoms with Crippen molar-refractivity contribution in [3.8, 4) is 0 Å². The van der Waals surface area contributed by atoms with Crippen LogP contribution >= 0.6 is 15.9 Å². The lowest BCUT2D eigenvalue weighted by Crippen LogP contribution is -2.30. The number of nitrogens with two attached hydrogens (primary N) is 1. The Kier molecular flexibility index (Phi) is 5.61. The van der Waals surface area contributed by atoms with Gasteiger partial charge in [0.2, 0.25) is 0 Å². The van der Waals surface area contributed by atoms with Gasteiger partial charge in [0.05, 0.1) is 0 Å². The number of benzene rings is 1. The van der Waals surface area contributed by atoms with Crippen LogP contribution < -0.4 is 5.73 Å². The standard InChI is InChI=1S/C12H17BrN2/c1-11(13)9-15(8-7-14)10-12-5-3-2-4-6-12/h2-6H,1,7-10,14H2. The number of nitrogens with zero attached hydrogens (tertiary/aromatic N) is 1. The molecule has 0 aliphatic carbocycles. The van der Waals surface area contributed by atoms with E-state index in [9.17, 15) is 0 Å². The Bertz CT molecular complexity index is 298. The largest absolute Gasteiger partial charge is 0.329 e. The molecule has 0 aliphatic rings. The summed E-state index contributed by atoms with van der Waals surface area (Å²) >= 11 is 3.38. The van der Waals surface area contributed by atoms with Gasteiger partial charge in [0.25, 0.3) is 0 Å². The Balaban J connectivity index is 2.54. The van der Waals surface area contributed by atoms with Gasteiger partial charge >= 0.3 is 0 Å². The Hall–Kier alpha value is -0.640. The zero-order valence-electron chi connectivity index (χ0n) is 8.82. The van der Waals surface area contributed by atoms with Crippen molar-refractivity contribution in [1.29, 1.82) is 0 Å². The summed E-state index contributed by atoms with van der Waals surface area (Å²) in [5, 5.41) is 0.